The minimum Gasteiger partial charge on any atom is -0.255 e. The van der Waals surface area contributed by atoms with Crippen LogP contribution in [0.4, 0.5) is 0 Å². The molecule has 0 amide bonds. The molecular weight excluding hydrogens is 246 g/mol. The Morgan fingerprint density at radius 1 is 1.39 bits per heavy atom. The maximum Gasteiger partial charge on any atom is 0.216 e. The van der Waals surface area contributed by atoms with Crippen molar-refractivity contribution >= 4 is 18.4 Å². The summed E-state index contributed by atoms with van der Waals surface area (Å²) in [4.78, 5) is 4.17. The van der Waals surface area contributed by atoms with Crippen molar-refractivity contribution in [2.45, 2.75) is 26.2 Å². The Balaban J connectivity index is 2.38. The first-order valence-electron chi connectivity index (χ1n) is 5.62. The fourth-order valence-corrected chi connectivity index (χ4v) is 1.63. The molecule has 0 spiro atoms. The quantitative estimate of drug-likeness (QED) is 0.667. The molecule has 0 fully saturated rings. The Hall–Kier alpha value is -1.82. The third-order valence-corrected chi connectivity index (χ3v) is 2.58. The number of pyridine rings is 1. The molecule has 0 saturated carbocycles. The van der Waals surface area contributed by atoms with Crippen LogP contribution in [0, 0.1) is 4.77 Å². The fraction of sp³-hybridized carbons (Fsp3) is 0.333. The Kier molecular flexibility index (Phi) is 3.38. The van der Waals surface area contributed by atoms with Crippen LogP contribution in [0.1, 0.15) is 32.3 Å². The highest BCUT2D eigenvalue weighted by molar-refractivity contribution is 7.71. The molecular formula is C12H15N5S. The summed E-state index contributed by atoms with van der Waals surface area (Å²) in [5, 5.41) is 11.3. The molecule has 0 bridgehead atoms. The first-order chi connectivity index (χ1) is 8.48. The van der Waals surface area contributed by atoms with Crippen molar-refractivity contribution in [3.8, 4) is 0 Å². The highest BCUT2D eigenvalue weighted by atomic mass is 32.1. The molecule has 0 saturated heterocycles. The largest absolute Gasteiger partial charge is 0.255 e. The van der Waals surface area contributed by atoms with E-state index in [0.29, 0.717) is 4.77 Å². The number of nitrogens with one attached hydrogen (secondary N) is 1. The van der Waals surface area contributed by atoms with Gasteiger partial charge in [-0.3, -0.25) is 10.1 Å². The summed E-state index contributed by atoms with van der Waals surface area (Å²) < 4.78 is 2.11. The molecule has 0 unspecified atom stereocenters. The lowest BCUT2D eigenvalue weighted by Crippen LogP contribution is -2.17. The van der Waals surface area contributed by atoms with Crippen molar-refractivity contribution in [2.75, 3.05) is 0 Å². The lowest BCUT2D eigenvalue weighted by Gasteiger charge is -2.15. The van der Waals surface area contributed by atoms with Crippen molar-refractivity contribution in [2.24, 2.45) is 5.10 Å². The molecule has 2 rings (SSSR count). The van der Waals surface area contributed by atoms with E-state index in [4.69, 9.17) is 12.2 Å². The van der Waals surface area contributed by atoms with Gasteiger partial charge < -0.3 is 0 Å². The van der Waals surface area contributed by atoms with Gasteiger partial charge in [-0.2, -0.15) is 14.9 Å². The average molecular weight is 261 g/mol. The van der Waals surface area contributed by atoms with E-state index in [0.717, 1.165) is 11.5 Å². The van der Waals surface area contributed by atoms with Gasteiger partial charge in [-0.1, -0.05) is 26.8 Å². The van der Waals surface area contributed by atoms with E-state index in [-0.39, 0.29) is 5.41 Å². The Bertz CT molecular complexity index is 603. The first-order valence-corrected chi connectivity index (χ1v) is 6.02. The number of H-pyrrole nitrogens is 1. The van der Waals surface area contributed by atoms with Crippen LogP contribution in [0.5, 0.6) is 0 Å². The third kappa shape index (κ3) is 2.70. The summed E-state index contributed by atoms with van der Waals surface area (Å²) in [5.74, 6) is 0.791. The average Bonchev–Trinajstić information content (AvgIpc) is 2.69. The minimum atomic E-state index is -0.130. The lowest BCUT2D eigenvalue weighted by molar-refractivity contribution is 0.516. The molecule has 2 heterocycles. The normalized spacial score (nSPS) is 12.2. The molecule has 0 radical (unpaired) electrons. The van der Waals surface area contributed by atoms with Crippen molar-refractivity contribution in [3.05, 3.63) is 40.7 Å². The van der Waals surface area contributed by atoms with Gasteiger partial charge in [-0.25, -0.2) is 0 Å². The van der Waals surface area contributed by atoms with Gasteiger partial charge in [0.25, 0.3) is 0 Å². The molecule has 18 heavy (non-hydrogen) atoms. The second-order valence-electron chi connectivity index (χ2n) is 4.91. The van der Waals surface area contributed by atoms with Crippen molar-refractivity contribution in [1.29, 1.82) is 0 Å². The second-order valence-corrected chi connectivity index (χ2v) is 5.30. The molecule has 0 aromatic carbocycles. The zero-order valence-electron chi connectivity index (χ0n) is 10.6. The summed E-state index contributed by atoms with van der Waals surface area (Å²) in [6, 6.07) is 5.65. The van der Waals surface area contributed by atoms with E-state index < -0.39 is 0 Å². The SMILES string of the molecule is CC(C)(C)c1n[nH]c(=S)n1/N=C\c1ccccn1. The van der Waals surface area contributed by atoms with Crippen LogP contribution in [0.3, 0.4) is 0 Å². The van der Waals surface area contributed by atoms with E-state index >= 15 is 0 Å². The summed E-state index contributed by atoms with van der Waals surface area (Å²) >= 11 is 5.17. The summed E-state index contributed by atoms with van der Waals surface area (Å²) in [6.45, 7) is 6.18. The molecule has 94 valence electrons. The van der Waals surface area contributed by atoms with E-state index in [9.17, 15) is 0 Å². The van der Waals surface area contributed by atoms with E-state index in [1.165, 1.54) is 0 Å². The van der Waals surface area contributed by atoms with Crippen LogP contribution in [0.2, 0.25) is 0 Å². The minimum absolute atomic E-state index is 0.130. The van der Waals surface area contributed by atoms with Gasteiger partial charge in [0.1, 0.15) is 0 Å². The molecule has 0 aliphatic rings. The smallest absolute Gasteiger partial charge is 0.216 e. The van der Waals surface area contributed by atoms with Crippen LogP contribution < -0.4 is 0 Å². The molecule has 6 heteroatoms. The number of hydrogen-bond donors (Lipinski definition) is 1. The Labute approximate surface area is 111 Å². The summed E-state index contributed by atoms with van der Waals surface area (Å²) in [6.07, 6.45) is 3.39. The third-order valence-electron chi connectivity index (χ3n) is 2.31. The van der Waals surface area contributed by atoms with Crippen LogP contribution in [-0.2, 0) is 5.41 Å². The standard InChI is InChI=1S/C12H15N5S/c1-12(2,3)10-15-16-11(18)17(10)14-8-9-6-4-5-7-13-9/h4-8H,1-3H3,(H,16,18)/b14-8-. The monoisotopic (exact) mass is 261 g/mol. The summed E-state index contributed by atoms with van der Waals surface area (Å²) in [7, 11) is 0. The van der Waals surface area contributed by atoms with E-state index in [1.54, 1.807) is 17.1 Å². The molecule has 0 aliphatic carbocycles. The highest BCUT2D eigenvalue weighted by Gasteiger charge is 2.21. The topological polar surface area (TPSA) is 58.9 Å². The van der Waals surface area contributed by atoms with Crippen LogP contribution in [0.25, 0.3) is 0 Å². The first kappa shape index (κ1) is 12.6. The van der Waals surface area contributed by atoms with Crippen molar-refractivity contribution < 1.29 is 0 Å². The number of rotatable bonds is 2. The number of aromatic nitrogens is 4. The van der Waals surface area contributed by atoms with Crippen molar-refractivity contribution in [3.63, 3.8) is 0 Å². The predicted molar refractivity (Wildman–Crippen MR) is 73.3 cm³/mol. The maximum atomic E-state index is 5.17. The molecule has 5 nitrogen and oxygen atoms in total. The highest BCUT2D eigenvalue weighted by Crippen LogP contribution is 2.19. The van der Waals surface area contributed by atoms with Gasteiger partial charge in [0, 0.05) is 11.6 Å². The van der Waals surface area contributed by atoms with Crippen LogP contribution >= 0.6 is 12.2 Å². The Morgan fingerprint density at radius 2 is 2.17 bits per heavy atom. The van der Waals surface area contributed by atoms with Gasteiger partial charge in [-0.05, 0) is 24.4 Å². The van der Waals surface area contributed by atoms with Gasteiger partial charge >= 0.3 is 0 Å². The van der Waals surface area contributed by atoms with Crippen LogP contribution in [-0.4, -0.2) is 26.1 Å². The van der Waals surface area contributed by atoms with E-state index in [1.807, 2.05) is 18.2 Å². The van der Waals surface area contributed by atoms with Gasteiger partial charge in [0.2, 0.25) is 4.77 Å². The Morgan fingerprint density at radius 3 is 2.78 bits per heavy atom. The lowest BCUT2D eigenvalue weighted by atomic mass is 9.96. The van der Waals surface area contributed by atoms with Crippen LogP contribution in [0.15, 0.2) is 29.5 Å². The molecule has 2 aromatic heterocycles. The van der Waals surface area contributed by atoms with Crippen molar-refractivity contribution in [1.82, 2.24) is 19.9 Å². The molecule has 1 N–H and O–H groups in total. The zero-order chi connectivity index (χ0) is 13.2. The fourth-order valence-electron chi connectivity index (χ4n) is 1.45. The maximum absolute atomic E-state index is 5.17. The van der Waals surface area contributed by atoms with Gasteiger partial charge in [0.15, 0.2) is 5.82 Å². The second kappa shape index (κ2) is 4.81. The molecule has 0 atom stereocenters. The van der Waals surface area contributed by atoms with E-state index in [2.05, 4.69) is 41.1 Å². The number of hydrogen-bond acceptors (Lipinski definition) is 4. The number of aromatic amines is 1. The van der Waals surface area contributed by atoms with Gasteiger partial charge in [0.05, 0.1) is 11.9 Å². The molecule has 2 aromatic rings. The number of nitrogens with zero attached hydrogens (tertiary/aromatic N) is 4. The predicted octanol–water partition coefficient (Wildman–Crippen LogP) is 2.52. The van der Waals surface area contributed by atoms with Gasteiger partial charge in [-0.15, -0.1) is 0 Å². The molecule has 0 aliphatic heterocycles. The zero-order valence-corrected chi connectivity index (χ0v) is 11.4. The summed E-state index contributed by atoms with van der Waals surface area (Å²) in [5.41, 5.74) is 0.648.